The van der Waals surface area contributed by atoms with Crippen LogP contribution in [0.5, 0.6) is 0 Å². The van der Waals surface area contributed by atoms with Gasteiger partial charge in [0, 0.05) is 42.4 Å². The number of aromatic nitrogens is 1. The van der Waals surface area contributed by atoms with Gasteiger partial charge >= 0.3 is 0 Å². The molecule has 2 aromatic carbocycles. The van der Waals surface area contributed by atoms with Gasteiger partial charge in [-0.3, -0.25) is 0 Å². The molecule has 0 N–H and O–H groups in total. The molecule has 0 spiro atoms. The Morgan fingerprint density at radius 1 is 1.04 bits per heavy atom. The highest BCUT2D eigenvalue weighted by Crippen LogP contribution is 2.34. The molecular weight excluding hydrogens is 299 g/mol. The molecule has 1 aliphatic rings. The summed E-state index contributed by atoms with van der Waals surface area (Å²) in [5.74, 6) is -0.198. The van der Waals surface area contributed by atoms with Crippen LogP contribution >= 0.6 is 0 Å². The molecule has 1 aromatic heterocycles. The van der Waals surface area contributed by atoms with Crippen molar-refractivity contribution in [1.29, 1.82) is 0 Å². The number of hydrogen-bond donors (Lipinski definition) is 0. The number of nitrogens with zero attached hydrogens (tertiary/aromatic N) is 2. The van der Waals surface area contributed by atoms with Gasteiger partial charge in [-0.05, 0) is 43.8 Å². The Morgan fingerprint density at radius 2 is 1.83 bits per heavy atom. The molecular formula is C21H21FN2. The fraction of sp³-hybridized carbons (Fsp3) is 0.238. The number of aryl methyl sites for hydroxylation is 1. The summed E-state index contributed by atoms with van der Waals surface area (Å²) < 4.78 is 15.6. The summed E-state index contributed by atoms with van der Waals surface area (Å²) in [4.78, 5) is 2.32. The number of benzene rings is 2. The van der Waals surface area contributed by atoms with Gasteiger partial charge in [0.05, 0.1) is 5.52 Å². The lowest BCUT2D eigenvalue weighted by molar-refractivity contribution is 0.367. The van der Waals surface area contributed by atoms with Gasteiger partial charge in [0.1, 0.15) is 5.82 Å². The zero-order chi connectivity index (χ0) is 16.7. The van der Waals surface area contributed by atoms with Crippen molar-refractivity contribution in [2.45, 2.75) is 13.3 Å². The molecule has 1 aliphatic heterocycles. The number of likely N-dealkylation sites (N-methyl/N-ethyl adjacent to an activating group) is 1. The first-order chi connectivity index (χ1) is 11.6. The van der Waals surface area contributed by atoms with Crippen LogP contribution in [0.2, 0.25) is 0 Å². The van der Waals surface area contributed by atoms with Crippen molar-refractivity contribution < 1.29 is 4.39 Å². The van der Waals surface area contributed by atoms with E-state index in [0.717, 1.165) is 30.6 Å². The second-order valence-corrected chi connectivity index (χ2v) is 6.65. The molecule has 3 aromatic rings. The predicted molar refractivity (Wildman–Crippen MR) is 98.5 cm³/mol. The van der Waals surface area contributed by atoms with E-state index >= 15 is 0 Å². The van der Waals surface area contributed by atoms with Gasteiger partial charge in [0.2, 0.25) is 0 Å². The maximum Gasteiger partial charge on any atom is 0.123 e. The van der Waals surface area contributed by atoms with Crippen LogP contribution in [0.4, 0.5) is 4.39 Å². The standard InChI is InChI=1S/C21H21FN2/c1-15-3-8-21-19(13-15)20(16-4-6-17(22)7-5-16)14-24(21)18-9-11-23(2)12-10-18/h3-9,13-14H,10-12H2,1-2H3. The summed E-state index contributed by atoms with van der Waals surface area (Å²) in [6.45, 7) is 4.16. The molecule has 24 heavy (non-hydrogen) atoms. The van der Waals surface area contributed by atoms with Crippen molar-refractivity contribution in [3.8, 4) is 11.1 Å². The van der Waals surface area contributed by atoms with E-state index in [1.54, 1.807) is 0 Å². The molecule has 3 heteroatoms. The molecule has 4 rings (SSSR count). The predicted octanol–water partition coefficient (Wildman–Crippen LogP) is 4.93. The molecule has 2 heterocycles. The molecule has 0 saturated heterocycles. The Hall–Kier alpha value is -2.39. The fourth-order valence-corrected chi connectivity index (χ4v) is 3.42. The third-order valence-electron chi connectivity index (χ3n) is 4.81. The monoisotopic (exact) mass is 320 g/mol. The van der Waals surface area contributed by atoms with E-state index in [0.29, 0.717) is 0 Å². The summed E-state index contributed by atoms with van der Waals surface area (Å²) in [5.41, 5.74) is 6.01. The average molecular weight is 320 g/mol. The first-order valence-electron chi connectivity index (χ1n) is 8.37. The highest BCUT2D eigenvalue weighted by Gasteiger charge is 2.15. The molecule has 0 aliphatic carbocycles. The number of fused-ring (bicyclic) bond motifs is 1. The molecule has 0 fully saturated rings. The lowest BCUT2D eigenvalue weighted by Gasteiger charge is -2.23. The molecule has 0 radical (unpaired) electrons. The van der Waals surface area contributed by atoms with Crippen molar-refractivity contribution >= 4 is 16.6 Å². The van der Waals surface area contributed by atoms with Crippen molar-refractivity contribution in [2.24, 2.45) is 0 Å². The van der Waals surface area contributed by atoms with Crippen LogP contribution in [0.1, 0.15) is 12.0 Å². The van der Waals surface area contributed by atoms with E-state index in [4.69, 9.17) is 0 Å². The maximum absolute atomic E-state index is 13.3. The SMILES string of the molecule is Cc1ccc2c(c1)c(-c1ccc(F)cc1)cn2C1=CCN(C)CC1. The highest BCUT2D eigenvalue weighted by molar-refractivity contribution is 5.98. The fourth-order valence-electron chi connectivity index (χ4n) is 3.42. The average Bonchev–Trinajstić information content (AvgIpc) is 2.95. The smallest absolute Gasteiger partial charge is 0.123 e. The van der Waals surface area contributed by atoms with Crippen LogP contribution in [0.3, 0.4) is 0 Å². The van der Waals surface area contributed by atoms with Gasteiger partial charge in [0.25, 0.3) is 0 Å². The minimum Gasteiger partial charge on any atom is -0.320 e. The third kappa shape index (κ3) is 2.65. The lowest BCUT2D eigenvalue weighted by Crippen LogP contribution is -2.24. The Labute approximate surface area is 141 Å². The number of rotatable bonds is 2. The second kappa shape index (κ2) is 5.91. The number of hydrogen-bond acceptors (Lipinski definition) is 1. The largest absolute Gasteiger partial charge is 0.320 e. The van der Waals surface area contributed by atoms with Gasteiger partial charge in [-0.1, -0.05) is 29.8 Å². The first-order valence-corrected chi connectivity index (χ1v) is 8.37. The van der Waals surface area contributed by atoms with Crippen LogP contribution in [0.25, 0.3) is 27.7 Å². The Balaban J connectivity index is 1.91. The topological polar surface area (TPSA) is 8.17 Å². The first kappa shape index (κ1) is 15.2. The summed E-state index contributed by atoms with van der Waals surface area (Å²) in [5, 5.41) is 1.22. The third-order valence-corrected chi connectivity index (χ3v) is 4.81. The van der Waals surface area contributed by atoms with E-state index in [1.807, 2.05) is 12.1 Å². The van der Waals surface area contributed by atoms with Crippen molar-refractivity contribution in [3.63, 3.8) is 0 Å². The molecule has 122 valence electrons. The molecule has 2 nitrogen and oxygen atoms in total. The minimum atomic E-state index is -0.198. The van der Waals surface area contributed by atoms with Gasteiger partial charge in [0.15, 0.2) is 0 Å². The number of halogens is 1. The summed E-state index contributed by atoms with van der Waals surface area (Å²) in [6.07, 6.45) is 5.54. The Bertz CT molecular complexity index is 919. The van der Waals surface area contributed by atoms with Crippen LogP contribution in [-0.2, 0) is 0 Å². The zero-order valence-electron chi connectivity index (χ0n) is 14.1. The van der Waals surface area contributed by atoms with Gasteiger partial charge in [-0.15, -0.1) is 0 Å². The summed E-state index contributed by atoms with van der Waals surface area (Å²) >= 11 is 0. The normalized spacial score (nSPS) is 15.7. The Morgan fingerprint density at radius 3 is 2.54 bits per heavy atom. The molecule has 0 atom stereocenters. The van der Waals surface area contributed by atoms with Crippen molar-refractivity contribution in [1.82, 2.24) is 9.47 Å². The summed E-state index contributed by atoms with van der Waals surface area (Å²) in [6, 6.07) is 13.4. The van der Waals surface area contributed by atoms with Crippen molar-refractivity contribution in [3.05, 3.63) is 66.1 Å². The van der Waals surface area contributed by atoms with Crippen LogP contribution in [0, 0.1) is 12.7 Å². The van der Waals surface area contributed by atoms with Crippen LogP contribution < -0.4 is 0 Å². The molecule has 0 amide bonds. The van der Waals surface area contributed by atoms with Crippen molar-refractivity contribution in [2.75, 3.05) is 20.1 Å². The molecule has 0 bridgehead atoms. The van der Waals surface area contributed by atoms with Gasteiger partial charge < -0.3 is 9.47 Å². The quantitative estimate of drug-likeness (QED) is 0.650. The Kier molecular flexibility index (Phi) is 3.73. The molecule has 0 saturated carbocycles. The van der Waals surface area contributed by atoms with Gasteiger partial charge in [-0.2, -0.15) is 0 Å². The van der Waals surface area contributed by atoms with E-state index in [-0.39, 0.29) is 5.82 Å². The maximum atomic E-state index is 13.3. The van der Waals surface area contributed by atoms with Gasteiger partial charge in [-0.25, -0.2) is 4.39 Å². The van der Waals surface area contributed by atoms with Crippen LogP contribution in [0.15, 0.2) is 54.7 Å². The van der Waals surface area contributed by atoms with E-state index < -0.39 is 0 Å². The van der Waals surface area contributed by atoms with E-state index in [9.17, 15) is 4.39 Å². The second-order valence-electron chi connectivity index (χ2n) is 6.65. The summed E-state index contributed by atoms with van der Waals surface area (Å²) in [7, 11) is 2.15. The van der Waals surface area contributed by atoms with E-state index in [1.165, 1.54) is 34.3 Å². The minimum absolute atomic E-state index is 0.198. The van der Waals surface area contributed by atoms with E-state index in [2.05, 4.69) is 53.9 Å². The molecule has 0 unspecified atom stereocenters. The lowest BCUT2D eigenvalue weighted by atomic mass is 10.0. The highest BCUT2D eigenvalue weighted by atomic mass is 19.1. The van der Waals surface area contributed by atoms with Crippen LogP contribution in [-0.4, -0.2) is 29.6 Å². The zero-order valence-corrected chi connectivity index (χ0v) is 14.1.